The van der Waals surface area contributed by atoms with Crippen molar-refractivity contribution in [3.8, 4) is 23.7 Å². The molecule has 0 aliphatic rings. The quantitative estimate of drug-likeness (QED) is 0.149. The molecule has 9 N–H and O–H groups in total. The van der Waals surface area contributed by atoms with Gasteiger partial charge in [0.05, 0.1) is 11.4 Å². The summed E-state index contributed by atoms with van der Waals surface area (Å²) >= 11 is 0. The molecule has 0 bridgehead atoms. The minimum atomic E-state index is -0.993. The van der Waals surface area contributed by atoms with Crippen LogP contribution in [0.25, 0.3) is 0 Å². The van der Waals surface area contributed by atoms with Gasteiger partial charge in [0.1, 0.15) is 47.1 Å². The number of amides is 2. The first-order valence-electron chi connectivity index (χ1n) is 13.1. The number of nitrogens with zero attached hydrogens (tertiary/aromatic N) is 5. The summed E-state index contributed by atoms with van der Waals surface area (Å²) in [6.07, 6.45) is 0.558. The Morgan fingerprint density at radius 1 is 0.622 bits per heavy atom. The van der Waals surface area contributed by atoms with Crippen LogP contribution in [0.1, 0.15) is 22.3 Å². The lowest BCUT2D eigenvalue weighted by molar-refractivity contribution is 0.167. The number of rotatable bonds is 3. The number of benzene rings is 3. The second kappa shape index (κ2) is 13.2. The van der Waals surface area contributed by atoms with Gasteiger partial charge in [0.15, 0.2) is 0 Å². The Labute approximate surface area is 257 Å². The Hall–Kier alpha value is -7.12. The molecule has 2 amide bonds. The summed E-state index contributed by atoms with van der Waals surface area (Å²) in [5.74, 6) is 12.2. The number of hydrogen-bond acceptors (Lipinski definition) is 11. The number of hydrogen-bond donors (Lipinski definition) is 5. The molecule has 13 heteroatoms. The smallest absolute Gasteiger partial charge is 0.382 e. The standard InChI is InChI=1S/C32H24N10O3/c33-27-25(28(34)38-18-37-27)15-11-20-9-13-22(14-10-20)41-31(43)45-32(44)42(23-6-2-1-3-7-23)24-8-4-5-21(17-24)12-16-26-29(35)39-19-40-30(26)36/h1-10,13-14,17-19H,(H,41,43)(H4,33,34,37,38)(H4,35,36,39,40). The molecule has 0 fully saturated rings. The Kier molecular flexibility index (Phi) is 8.64. The fraction of sp³-hybridized carbons (Fsp3) is 0. The molecule has 0 saturated carbocycles. The van der Waals surface area contributed by atoms with Gasteiger partial charge in [-0.2, -0.15) is 0 Å². The summed E-state index contributed by atoms with van der Waals surface area (Å²) in [5, 5.41) is 2.54. The maximum atomic E-state index is 13.4. The third-order valence-corrected chi connectivity index (χ3v) is 6.09. The van der Waals surface area contributed by atoms with Gasteiger partial charge in [0.25, 0.3) is 0 Å². The Morgan fingerprint density at radius 2 is 1.16 bits per heavy atom. The Bertz CT molecular complexity index is 1970. The van der Waals surface area contributed by atoms with Crippen LogP contribution in [0.2, 0.25) is 0 Å². The molecule has 45 heavy (non-hydrogen) atoms. The molecule has 2 aromatic heterocycles. The van der Waals surface area contributed by atoms with E-state index in [1.54, 1.807) is 78.9 Å². The lowest BCUT2D eigenvalue weighted by Crippen LogP contribution is -2.30. The molecule has 0 radical (unpaired) electrons. The third kappa shape index (κ3) is 7.21. The predicted molar refractivity (Wildman–Crippen MR) is 171 cm³/mol. The van der Waals surface area contributed by atoms with Gasteiger partial charge in [-0.15, -0.1) is 0 Å². The number of carbonyl (C=O) groups is 2. The molecule has 0 aliphatic carbocycles. The normalized spacial score (nSPS) is 9.96. The summed E-state index contributed by atoms with van der Waals surface area (Å²) in [7, 11) is 0. The number of para-hydroxylation sites is 1. The number of nitrogens with two attached hydrogens (primary N) is 4. The minimum Gasteiger partial charge on any atom is -0.382 e. The van der Waals surface area contributed by atoms with Crippen LogP contribution in [0, 0.1) is 23.7 Å². The first-order chi connectivity index (χ1) is 21.8. The van der Waals surface area contributed by atoms with Gasteiger partial charge in [0.2, 0.25) is 0 Å². The van der Waals surface area contributed by atoms with Crippen molar-refractivity contribution in [2.24, 2.45) is 0 Å². The SMILES string of the molecule is Nc1ncnc(N)c1C#Cc1ccc(NC(=O)OC(=O)N(c2ccccc2)c2cccc(C#Cc3c(N)ncnc3N)c2)cc1. The molecule has 13 nitrogen and oxygen atoms in total. The fourth-order valence-corrected chi connectivity index (χ4v) is 3.92. The molecule has 2 heterocycles. The van der Waals surface area contributed by atoms with Gasteiger partial charge in [-0.1, -0.05) is 47.9 Å². The van der Waals surface area contributed by atoms with E-state index in [1.165, 1.54) is 17.6 Å². The van der Waals surface area contributed by atoms with E-state index >= 15 is 0 Å². The molecule has 5 aromatic rings. The van der Waals surface area contributed by atoms with Crippen LogP contribution in [0.5, 0.6) is 0 Å². The summed E-state index contributed by atoms with van der Waals surface area (Å²) in [6.45, 7) is 0. The Morgan fingerprint density at radius 3 is 1.73 bits per heavy atom. The summed E-state index contributed by atoms with van der Waals surface area (Å²) in [5.41, 5.74) is 26.3. The van der Waals surface area contributed by atoms with E-state index in [4.69, 9.17) is 27.7 Å². The second-order valence-corrected chi connectivity index (χ2v) is 9.12. The van der Waals surface area contributed by atoms with Gasteiger partial charge in [-0.05, 0) is 54.6 Å². The zero-order chi connectivity index (χ0) is 31.8. The van der Waals surface area contributed by atoms with E-state index in [-0.39, 0.29) is 23.3 Å². The number of carbonyl (C=O) groups excluding carboxylic acids is 2. The van der Waals surface area contributed by atoms with Crippen molar-refractivity contribution >= 4 is 52.5 Å². The molecular weight excluding hydrogens is 572 g/mol. The molecular formula is C32H24N10O3. The second-order valence-electron chi connectivity index (χ2n) is 9.12. The molecule has 220 valence electrons. The topological polar surface area (TPSA) is 214 Å². The van der Waals surface area contributed by atoms with Crippen LogP contribution in [-0.4, -0.2) is 32.1 Å². The monoisotopic (exact) mass is 596 g/mol. The predicted octanol–water partition coefficient (Wildman–Crippen LogP) is 3.90. The number of nitrogens with one attached hydrogen (secondary N) is 1. The molecule has 0 saturated heterocycles. The fourth-order valence-electron chi connectivity index (χ4n) is 3.92. The number of ether oxygens (including phenoxy) is 1. The third-order valence-electron chi connectivity index (χ3n) is 6.09. The maximum absolute atomic E-state index is 13.4. The number of anilines is 7. The van der Waals surface area contributed by atoms with E-state index in [1.807, 2.05) is 0 Å². The highest BCUT2D eigenvalue weighted by atomic mass is 16.6. The molecule has 0 atom stereocenters. The zero-order valence-electron chi connectivity index (χ0n) is 23.4. The van der Waals surface area contributed by atoms with Gasteiger partial charge in [0, 0.05) is 16.8 Å². The van der Waals surface area contributed by atoms with Gasteiger partial charge in [-0.3, -0.25) is 5.32 Å². The molecule has 3 aromatic carbocycles. The first-order valence-corrected chi connectivity index (χ1v) is 13.1. The van der Waals surface area contributed by atoms with Crippen molar-refractivity contribution in [2.45, 2.75) is 0 Å². The average Bonchev–Trinajstić information content (AvgIpc) is 3.02. The van der Waals surface area contributed by atoms with Crippen LogP contribution < -0.4 is 33.2 Å². The maximum Gasteiger partial charge on any atom is 0.427 e. The summed E-state index contributed by atoms with van der Waals surface area (Å²) in [4.78, 5) is 42.9. The van der Waals surface area contributed by atoms with E-state index in [0.717, 1.165) is 0 Å². The molecule has 0 aliphatic heterocycles. The zero-order valence-corrected chi connectivity index (χ0v) is 23.4. The number of aromatic nitrogens is 4. The van der Waals surface area contributed by atoms with E-state index < -0.39 is 12.2 Å². The van der Waals surface area contributed by atoms with Gasteiger partial charge < -0.3 is 27.7 Å². The molecule has 0 unspecified atom stereocenters. The van der Waals surface area contributed by atoms with E-state index in [0.29, 0.717) is 39.3 Å². The molecule has 0 spiro atoms. The summed E-state index contributed by atoms with van der Waals surface area (Å²) < 4.78 is 5.17. The largest absolute Gasteiger partial charge is 0.427 e. The van der Waals surface area contributed by atoms with Crippen molar-refractivity contribution in [1.82, 2.24) is 19.9 Å². The van der Waals surface area contributed by atoms with E-state index in [2.05, 4.69) is 48.9 Å². The average molecular weight is 597 g/mol. The van der Waals surface area contributed by atoms with Crippen molar-refractivity contribution in [2.75, 3.05) is 33.2 Å². The lowest BCUT2D eigenvalue weighted by atomic mass is 10.1. The van der Waals surface area contributed by atoms with Crippen LogP contribution in [0.4, 0.5) is 49.9 Å². The molecule has 5 rings (SSSR count). The highest BCUT2D eigenvalue weighted by Crippen LogP contribution is 2.27. The highest BCUT2D eigenvalue weighted by molar-refractivity contribution is 6.03. The first kappa shape index (κ1) is 29.4. The van der Waals surface area contributed by atoms with Crippen molar-refractivity contribution in [3.05, 3.63) is 114 Å². The minimum absolute atomic E-state index is 0.145. The van der Waals surface area contributed by atoms with Crippen LogP contribution in [0.3, 0.4) is 0 Å². The van der Waals surface area contributed by atoms with Crippen molar-refractivity contribution in [3.63, 3.8) is 0 Å². The highest BCUT2D eigenvalue weighted by Gasteiger charge is 2.23. The van der Waals surface area contributed by atoms with Crippen LogP contribution in [0.15, 0.2) is 91.5 Å². The Balaban J connectivity index is 1.32. The van der Waals surface area contributed by atoms with Gasteiger partial charge in [-0.25, -0.2) is 34.4 Å². The van der Waals surface area contributed by atoms with Crippen LogP contribution >= 0.6 is 0 Å². The lowest BCUT2D eigenvalue weighted by Gasteiger charge is -2.22. The van der Waals surface area contributed by atoms with Crippen molar-refractivity contribution in [1.29, 1.82) is 0 Å². The van der Waals surface area contributed by atoms with E-state index in [9.17, 15) is 9.59 Å². The van der Waals surface area contributed by atoms with Gasteiger partial charge >= 0.3 is 12.2 Å². The number of nitrogen functional groups attached to an aromatic ring is 4. The van der Waals surface area contributed by atoms with Crippen LogP contribution in [-0.2, 0) is 4.74 Å². The van der Waals surface area contributed by atoms with Crippen molar-refractivity contribution < 1.29 is 14.3 Å². The summed E-state index contributed by atoms with van der Waals surface area (Å²) in [6, 6.07) is 22.0.